The van der Waals surface area contributed by atoms with Crippen molar-refractivity contribution in [1.29, 1.82) is 5.26 Å². The maximum Gasteiger partial charge on any atom is 0.263 e. The molecule has 0 aromatic rings. The van der Waals surface area contributed by atoms with Crippen LogP contribution in [0.1, 0.15) is 0 Å². The molecule has 0 aliphatic carbocycles. The molecule has 7 nitrogen and oxygen atoms in total. The monoisotopic (exact) mass is 282 g/mol. The van der Waals surface area contributed by atoms with Gasteiger partial charge in [0.1, 0.15) is 11.6 Å². The molecule has 112 valence electrons. The van der Waals surface area contributed by atoms with E-state index in [9.17, 15) is 4.79 Å². The Bertz CT molecular complexity index is 372. The number of likely N-dealkylation sites (N-methyl/N-ethyl adjacent to an activating group) is 1. The van der Waals surface area contributed by atoms with E-state index in [0.29, 0.717) is 13.1 Å². The van der Waals surface area contributed by atoms with Crippen LogP contribution in [0.15, 0.2) is 11.8 Å². The van der Waals surface area contributed by atoms with Crippen molar-refractivity contribution in [3.63, 3.8) is 0 Å². The predicted octanol–water partition coefficient (Wildman–Crippen LogP) is -1.23. The fourth-order valence-electron chi connectivity index (χ4n) is 1.83. The number of nitrogens with zero attached hydrogens (tertiary/aromatic N) is 3. The molecule has 2 N–H and O–H groups in total. The summed E-state index contributed by atoms with van der Waals surface area (Å²) in [5.74, 6) is -0.384. The molecule has 0 aromatic heterocycles. The predicted molar refractivity (Wildman–Crippen MR) is 73.7 cm³/mol. The van der Waals surface area contributed by atoms with Crippen molar-refractivity contribution >= 4 is 5.91 Å². The van der Waals surface area contributed by atoms with Gasteiger partial charge in [-0.3, -0.25) is 9.69 Å². The maximum atomic E-state index is 11.8. The molecule has 0 radical (unpaired) electrons. The van der Waals surface area contributed by atoms with Gasteiger partial charge in [0.2, 0.25) is 0 Å². The lowest BCUT2D eigenvalue weighted by molar-refractivity contribution is -0.117. The molecule has 1 heterocycles. The number of morpholine rings is 1. The first-order chi connectivity index (χ1) is 9.67. The average Bonchev–Trinajstić information content (AvgIpc) is 2.46. The number of hydrogen-bond donors (Lipinski definition) is 2. The van der Waals surface area contributed by atoms with E-state index in [4.69, 9.17) is 15.1 Å². The zero-order valence-corrected chi connectivity index (χ0v) is 11.8. The number of nitrogens with one attached hydrogen (secondary N) is 1. The smallest absolute Gasteiger partial charge is 0.263 e. The minimum absolute atomic E-state index is 0.0235. The molecule has 0 saturated carbocycles. The molecule has 0 bridgehead atoms. The molecule has 7 heteroatoms. The largest absolute Gasteiger partial charge is 0.395 e. The van der Waals surface area contributed by atoms with Crippen LogP contribution >= 0.6 is 0 Å². The Morgan fingerprint density at radius 2 is 2.25 bits per heavy atom. The lowest BCUT2D eigenvalue weighted by Gasteiger charge is -2.26. The zero-order chi connectivity index (χ0) is 14.8. The highest BCUT2D eigenvalue weighted by atomic mass is 16.5. The standard InChI is InChI=1S/C13H22N4O3/c1-16(4-7-18)11-12(10-14)13(19)15-2-3-17-5-8-20-9-6-17/h11,18H,2-9H2,1H3,(H,15,19)/b12-11-. The van der Waals surface area contributed by atoms with Crippen LogP contribution in [0.25, 0.3) is 0 Å². The molecular weight excluding hydrogens is 260 g/mol. The van der Waals surface area contributed by atoms with E-state index in [1.807, 2.05) is 6.07 Å². The van der Waals surface area contributed by atoms with Gasteiger partial charge in [-0.15, -0.1) is 0 Å². The molecule has 1 fully saturated rings. The van der Waals surface area contributed by atoms with Crippen LogP contribution in [0.4, 0.5) is 0 Å². The summed E-state index contributed by atoms with van der Waals surface area (Å²) in [6.07, 6.45) is 1.44. The van der Waals surface area contributed by atoms with Gasteiger partial charge in [0.15, 0.2) is 0 Å². The summed E-state index contributed by atoms with van der Waals surface area (Å²) in [4.78, 5) is 15.6. The molecular formula is C13H22N4O3. The van der Waals surface area contributed by atoms with Crippen molar-refractivity contribution < 1.29 is 14.6 Å². The number of carbonyl (C=O) groups is 1. The Hall–Kier alpha value is -1.62. The lowest BCUT2D eigenvalue weighted by atomic mass is 10.3. The van der Waals surface area contributed by atoms with Crippen LogP contribution in [-0.4, -0.2) is 80.4 Å². The second kappa shape index (κ2) is 9.31. The van der Waals surface area contributed by atoms with Gasteiger partial charge in [0.25, 0.3) is 5.91 Å². The number of rotatable bonds is 7. The van der Waals surface area contributed by atoms with Gasteiger partial charge in [-0.05, 0) is 0 Å². The van der Waals surface area contributed by atoms with Crippen molar-refractivity contribution in [1.82, 2.24) is 15.1 Å². The third-order valence-electron chi connectivity index (χ3n) is 2.98. The first-order valence-electron chi connectivity index (χ1n) is 6.68. The SMILES string of the molecule is CN(/C=C(/C#N)C(=O)NCCN1CCOCC1)CCO. The van der Waals surface area contributed by atoms with Gasteiger partial charge < -0.3 is 20.1 Å². The van der Waals surface area contributed by atoms with E-state index in [-0.39, 0.29) is 18.1 Å². The van der Waals surface area contributed by atoms with Crippen LogP contribution in [-0.2, 0) is 9.53 Å². The van der Waals surface area contributed by atoms with E-state index >= 15 is 0 Å². The molecule has 0 aromatic carbocycles. The Balaban J connectivity index is 2.34. The van der Waals surface area contributed by atoms with E-state index in [1.54, 1.807) is 11.9 Å². The van der Waals surface area contributed by atoms with E-state index in [0.717, 1.165) is 32.8 Å². The van der Waals surface area contributed by atoms with Crippen molar-refractivity contribution in [3.8, 4) is 6.07 Å². The molecule has 1 aliphatic heterocycles. The highest BCUT2D eigenvalue weighted by Crippen LogP contribution is 1.97. The number of hydrogen-bond acceptors (Lipinski definition) is 6. The number of nitriles is 1. The molecule has 1 aliphatic rings. The van der Waals surface area contributed by atoms with Crippen LogP contribution in [0.5, 0.6) is 0 Å². The summed E-state index contributed by atoms with van der Waals surface area (Å²) in [6.45, 7) is 4.80. The number of aliphatic hydroxyl groups excluding tert-OH is 1. The number of amides is 1. The summed E-state index contributed by atoms with van der Waals surface area (Å²) >= 11 is 0. The molecule has 1 amide bonds. The normalized spacial score (nSPS) is 16.6. The van der Waals surface area contributed by atoms with Crippen LogP contribution in [0.2, 0.25) is 0 Å². The number of carbonyl (C=O) groups excluding carboxylic acids is 1. The third-order valence-corrected chi connectivity index (χ3v) is 2.98. The molecule has 1 saturated heterocycles. The van der Waals surface area contributed by atoms with E-state index in [1.165, 1.54) is 6.20 Å². The summed E-state index contributed by atoms with van der Waals surface area (Å²) in [7, 11) is 1.70. The van der Waals surface area contributed by atoms with Gasteiger partial charge in [-0.1, -0.05) is 0 Å². The molecule has 0 spiro atoms. The fourth-order valence-corrected chi connectivity index (χ4v) is 1.83. The molecule has 0 unspecified atom stereocenters. The average molecular weight is 282 g/mol. The second-order valence-corrected chi connectivity index (χ2v) is 4.57. The maximum absolute atomic E-state index is 11.8. The van der Waals surface area contributed by atoms with E-state index < -0.39 is 0 Å². The minimum Gasteiger partial charge on any atom is -0.395 e. The second-order valence-electron chi connectivity index (χ2n) is 4.57. The Labute approximate surface area is 119 Å². The molecule has 0 atom stereocenters. The van der Waals surface area contributed by atoms with Crippen molar-refractivity contribution in [3.05, 3.63) is 11.8 Å². The summed E-state index contributed by atoms with van der Waals surface area (Å²) in [5.41, 5.74) is 0.0444. The van der Waals surface area contributed by atoms with Gasteiger partial charge in [0, 0.05) is 46.0 Å². The van der Waals surface area contributed by atoms with Crippen molar-refractivity contribution in [2.24, 2.45) is 0 Å². The summed E-state index contributed by atoms with van der Waals surface area (Å²) < 4.78 is 5.24. The Morgan fingerprint density at radius 3 is 2.85 bits per heavy atom. The van der Waals surface area contributed by atoms with Crippen LogP contribution in [0.3, 0.4) is 0 Å². The van der Waals surface area contributed by atoms with Crippen LogP contribution < -0.4 is 5.32 Å². The zero-order valence-electron chi connectivity index (χ0n) is 11.8. The fraction of sp³-hybridized carbons (Fsp3) is 0.692. The number of aliphatic hydroxyl groups is 1. The van der Waals surface area contributed by atoms with Gasteiger partial charge in [-0.2, -0.15) is 5.26 Å². The lowest BCUT2D eigenvalue weighted by Crippen LogP contribution is -2.41. The van der Waals surface area contributed by atoms with Crippen molar-refractivity contribution in [2.45, 2.75) is 0 Å². The summed E-state index contributed by atoms with van der Waals surface area (Å²) in [6, 6.07) is 1.87. The van der Waals surface area contributed by atoms with Crippen LogP contribution in [0, 0.1) is 11.3 Å². The highest BCUT2D eigenvalue weighted by Gasteiger charge is 2.12. The number of ether oxygens (including phenoxy) is 1. The van der Waals surface area contributed by atoms with Crippen molar-refractivity contribution in [2.75, 3.05) is 59.6 Å². The topological polar surface area (TPSA) is 88.8 Å². The molecule has 1 rings (SSSR count). The van der Waals surface area contributed by atoms with Gasteiger partial charge in [0.05, 0.1) is 19.8 Å². The molecule has 20 heavy (non-hydrogen) atoms. The van der Waals surface area contributed by atoms with Gasteiger partial charge >= 0.3 is 0 Å². The summed E-state index contributed by atoms with van der Waals surface area (Å²) in [5, 5.41) is 20.5. The van der Waals surface area contributed by atoms with E-state index in [2.05, 4.69) is 10.2 Å². The third kappa shape index (κ3) is 6.02. The van der Waals surface area contributed by atoms with Gasteiger partial charge in [-0.25, -0.2) is 0 Å². The first kappa shape index (κ1) is 16.4. The minimum atomic E-state index is -0.384. The first-order valence-corrected chi connectivity index (χ1v) is 6.68. The Kier molecular flexibility index (Phi) is 7.65. The highest BCUT2D eigenvalue weighted by molar-refractivity contribution is 5.97. The Morgan fingerprint density at radius 1 is 1.55 bits per heavy atom. The quantitative estimate of drug-likeness (QED) is 0.449.